The third kappa shape index (κ3) is 3.62. The number of anilines is 1. The van der Waals surface area contributed by atoms with Crippen molar-refractivity contribution in [3.63, 3.8) is 0 Å². The van der Waals surface area contributed by atoms with E-state index in [2.05, 4.69) is 0 Å². The van der Waals surface area contributed by atoms with Gasteiger partial charge in [-0.3, -0.25) is 14.5 Å². The number of hydrogen-bond donors (Lipinski definition) is 1. The van der Waals surface area contributed by atoms with Crippen LogP contribution in [-0.4, -0.2) is 23.9 Å². The van der Waals surface area contributed by atoms with Gasteiger partial charge in [-0.25, -0.2) is 0 Å². The number of ketones is 1. The van der Waals surface area contributed by atoms with Gasteiger partial charge in [-0.15, -0.1) is 11.3 Å². The number of rotatable bonds is 4. The number of carbonyl (C=O) groups excluding carboxylic acids is 2. The van der Waals surface area contributed by atoms with Crippen molar-refractivity contribution in [1.82, 2.24) is 0 Å². The molecule has 1 N–H and O–H groups in total. The Morgan fingerprint density at radius 3 is 2.42 bits per heavy atom. The SMILES string of the molecule is COc1ccc(Cl)cc1/C(O)=C1\C(=O)C(=O)N(c2ccc(C)cc2)C1c1sccc1C. The predicted octanol–water partition coefficient (Wildman–Crippen LogP) is 5.65. The van der Waals surface area contributed by atoms with Gasteiger partial charge >= 0.3 is 0 Å². The zero-order valence-corrected chi connectivity index (χ0v) is 18.8. The van der Waals surface area contributed by atoms with Gasteiger partial charge in [-0.2, -0.15) is 0 Å². The first-order valence-electron chi connectivity index (χ1n) is 9.59. The average Bonchev–Trinajstić information content (AvgIpc) is 3.29. The Kier molecular flexibility index (Phi) is 5.60. The highest BCUT2D eigenvalue weighted by Crippen LogP contribution is 2.45. The third-order valence-electron chi connectivity index (χ3n) is 5.32. The Labute approximate surface area is 189 Å². The molecule has 5 nitrogen and oxygen atoms in total. The van der Waals surface area contributed by atoms with Crippen LogP contribution in [0.15, 0.2) is 59.5 Å². The molecular formula is C24H20ClNO4S. The minimum atomic E-state index is -0.758. The lowest BCUT2D eigenvalue weighted by Crippen LogP contribution is -2.29. The van der Waals surface area contributed by atoms with Crippen molar-refractivity contribution in [2.75, 3.05) is 12.0 Å². The lowest BCUT2D eigenvalue weighted by atomic mass is 9.97. The summed E-state index contributed by atoms with van der Waals surface area (Å²) < 4.78 is 5.36. The van der Waals surface area contributed by atoms with Crippen molar-refractivity contribution < 1.29 is 19.4 Å². The van der Waals surface area contributed by atoms with Gasteiger partial charge in [-0.05, 0) is 61.2 Å². The summed E-state index contributed by atoms with van der Waals surface area (Å²) in [5.41, 5.74) is 2.82. The topological polar surface area (TPSA) is 66.8 Å². The zero-order chi connectivity index (χ0) is 22.3. The van der Waals surface area contributed by atoms with E-state index >= 15 is 0 Å². The lowest BCUT2D eigenvalue weighted by molar-refractivity contribution is -0.132. The molecule has 0 saturated carbocycles. The van der Waals surface area contributed by atoms with E-state index in [-0.39, 0.29) is 16.9 Å². The molecule has 2 heterocycles. The highest BCUT2D eigenvalue weighted by atomic mass is 35.5. The van der Waals surface area contributed by atoms with Gasteiger partial charge in [0.15, 0.2) is 0 Å². The number of benzene rings is 2. The van der Waals surface area contributed by atoms with E-state index in [1.807, 2.05) is 37.4 Å². The molecule has 1 unspecified atom stereocenters. The molecule has 1 aliphatic rings. The van der Waals surface area contributed by atoms with E-state index in [1.54, 1.807) is 24.3 Å². The fourth-order valence-corrected chi connectivity index (χ4v) is 4.92. The van der Waals surface area contributed by atoms with Crippen LogP contribution in [0.5, 0.6) is 5.75 Å². The molecule has 0 aliphatic carbocycles. The molecule has 1 saturated heterocycles. The molecule has 1 amide bonds. The van der Waals surface area contributed by atoms with Crippen LogP contribution in [-0.2, 0) is 9.59 Å². The third-order valence-corrected chi connectivity index (χ3v) is 6.63. The molecule has 3 aromatic rings. The molecule has 0 bridgehead atoms. The smallest absolute Gasteiger partial charge is 0.300 e. The van der Waals surface area contributed by atoms with Crippen LogP contribution < -0.4 is 9.64 Å². The molecule has 0 spiro atoms. The van der Waals surface area contributed by atoms with Crippen LogP contribution in [0.1, 0.15) is 27.6 Å². The number of hydrogen-bond acceptors (Lipinski definition) is 5. The van der Waals surface area contributed by atoms with E-state index in [1.165, 1.54) is 29.4 Å². The Balaban J connectivity index is 1.98. The fraction of sp³-hybridized carbons (Fsp3) is 0.167. The summed E-state index contributed by atoms with van der Waals surface area (Å²) in [5, 5.41) is 13.5. The number of ether oxygens (including phenoxy) is 1. The maximum absolute atomic E-state index is 13.2. The maximum Gasteiger partial charge on any atom is 0.300 e. The molecule has 4 rings (SSSR count). The molecule has 1 aromatic heterocycles. The molecule has 158 valence electrons. The number of Topliss-reactive ketones (excluding diaryl/α,β-unsaturated/α-hetero) is 1. The summed E-state index contributed by atoms with van der Waals surface area (Å²) in [6, 6.07) is 13.3. The number of aliphatic hydroxyl groups is 1. The first-order chi connectivity index (χ1) is 14.8. The highest BCUT2D eigenvalue weighted by Gasteiger charge is 2.48. The summed E-state index contributed by atoms with van der Waals surface area (Å²) in [5.74, 6) is -1.41. The fourth-order valence-electron chi connectivity index (χ4n) is 3.73. The van der Waals surface area contributed by atoms with Crippen LogP contribution in [0.25, 0.3) is 5.76 Å². The minimum absolute atomic E-state index is 0.0108. The van der Waals surface area contributed by atoms with Crippen molar-refractivity contribution in [3.8, 4) is 5.75 Å². The second-order valence-corrected chi connectivity index (χ2v) is 8.70. The number of halogens is 1. The minimum Gasteiger partial charge on any atom is -0.507 e. The molecule has 2 aromatic carbocycles. The number of aliphatic hydroxyl groups excluding tert-OH is 1. The number of aryl methyl sites for hydroxylation is 2. The number of carbonyl (C=O) groups is 2. The lowest BCUT2D eigenvalue weighted by Gasteiger charge is -2.25. The quantitative estimate of drug-likeness (QED) is 0.315. The van der Waals surface area contributed by atoms with Crippen molar-refractivity contribution in [2.45, 2.75) is 19.9 Å². The largest absolute Gasteiger partial charge is 0.507 e. The number of thiophene rings is 1. The molecule has 7 heteroatoms. The van der Waals surface area contributed by atoms with E-state index in [0.717, 1.165) is 16.0 Å². The monoisotopic (exact) mass is 453 g/mol. The van der Waals surface area contributed by atoms with Crippen molar-refractivity contribution >= 4 is 46.1 Å². The normalized spacial score (nSPS) is 17.9. The zero-order valence-electron chi connectivity index (χ0n) is 17.2. The Morgan fingerprint density at radius 2 is 1.81 bits per heavy atom. The van der Waals surface area contributed by atoms with Crippen LogP contribution in [0.2, 0.25) is 5.02 Å². The maximum atomic E-state index is 13.2. The van der Waals surface area contributed by atoms with E-state index in [4.69, 9.17) is 16.3 Å². The second kappa shape index (κ2) is 8.21. The molecule has 31 heavy (non-hydrogen) atoms. The summed E-state index contributed by atoms with van der Waals surface area (Å²) in [7, 11) is 1.46. The molecular weight excluding hydrogens is 434 g/mol. The van der Waals surface area contributed by atoms with Crippen LogP contribution in [0, 0.1) is 13.8 Å². The highest BCUT2D eigenvalue weighted by molar-refractivity contribution is 7.10. The van der Waals surface area contributed by atoms with Crippen molar-refractivity contribution in [1.29, 1.82) is 0 Å². The van der Waals surface area contributed by atoms with Gasteiger partial charge in [-0.1, -0.05) is 29.3 Å². The molecule has 1 atom stereocenters. The van der Waals surface area contributed by atoms with Gasteiger partial charge in [0.25, 0.3) is 11.7 Å². The Morgan fingerprint density at radius 1 is 1.10 bits per heavy atom. The second-order valence-electron chi connectivity index (χ2n) is 7.32. The Hall–Kier alpha value is -3.09. The van der Waals surface area contributed by atoms with Gasteiger partial charge < -0.3 is 9.84 Å². The van der Waals surface area contributed by atoms with Crippen LogP contribution in [0.4, 0.5) is 5.69 Å². The van der Waals surface area contributed by atoms with Crippen LogP contribution in [0.3, 0.4) is 0 Å². The number of methoxy groups -OCH3 is 1. The summed E-state index contributed by atoms with van der Waals surface area (Å²) in [6.07, 6.45) is 0. The van der Waals surface area contributed by atoms with Crippen LogP contribution >= 0.6 is 22.9 Å². The van der Waals surface area contributed by atoms with Gasteiger partial charge in [0.05, 0.1) is 18.2 Å². The molecule has 1 aliphatic heterocycles. The van der Waals surface area contributed by atoms with Crippen molar-refractivity contribution in [2.24, 2.45) is 0 Å². The summed E-state index contributed by atoms with van der Waals surface area (Å²) >= 11 is 7.57. The van der Waals surface area contributed by atoms with Gasteiger partial charge in [0.1, 0.15) is 17.6 Å². The average molecular weight is 454 g/mol. The standard InChI is InChI=1S/C24H20ClNO4S/c1-13-4-7-16(8-5-13)26-20(23-14(2)10-11-31-23)19(22(28)24(26)29)21(27)17-12-15(25)6-9-18(17)30-3/h4-12,20,27H,1-3H3/b21-19+. The van der Waals surface area contributed by atoms with E-state index in [9.17, 15) is 14.7 Å². The first-order valence-corrected chi connectivity index (χ1v) is 10.8. The summed E-state index contributed by atoms with van der Waals surface area (Å²) in [4.78, 5) is 28.6. The Bertz CT molecular complexity index is 1210. The van der Waals surface area contributed by atoms with E-state index in [0.29, 0.717) is 16.5 Å². The first kappa shape index (κ1) is 21.2. The molecule has 1 fully saturated rings. The number of nitrogens with zero attached hydrogens (tertiary/aromatic N) is 1. The number of amides is 1. The van der Waals surface area contributed by atoms with E-state index < -0.39 is 17.7 Å². The predicted molar refractivity (Wildman–Crippen MR) is 123 cm³/mol. The van der Waals surface area contributed by atoms with Gasteiger partial charge in [0, 0.05) is 15.6 Å². The van der Waals surface area contributed by atoms with Crippen molar-refractivity contribution in [3.05, 3.63) is 86.1 Å². The van der Waals surface area contributed by atoms with Gasteiger partial charge in [0.2, 0.25) is 0 Å². The molecule has 0 radical (unpaired) electrons. The summed E-state index contributed by atoms with van der Waals surface area (Å²) in [6.45, 7) is 3.87.